The van der Waals surface area contributed by atoms with Crippen LogP contribution < -0.4 is 14.4 Å². The van der Waals surface area contributed by atoms with Gasteiger partial charge in [0.05, 0.1) is 11.6 Å². The quantitative estimate of drug-likeness (QED) is 0.118. The van der Waals surface area contributed by atoms with Crippen LogP contribution >= 0.6 is 11.3 Å². The standard InChI is InChI=1S/C31H26N2O5S/c1-3-16-37-24-11-7-22(8-12-24)27-26(29(35)30(36)33(27)31-32-15-17-39-31)28(34)23-9-13-25(14-10-23)38-19-21-6-4-5-20(2)18-21/h3-15,17-18,27,34H,1,16,19H2,2H3/b28-26+/t27-/m1/s1. The lowest BCUT2D eigenvalue weighted by Gasteiger charge is -2.23. The second kappa shape index (κ2) is 11.4. The van der Waals surface area contributed by atoms with Crippen LogP contribution in [0.5, 0.6) is 11.5 Å². The topological polar surface area (TPSA) is 89.0 Å². The maximum absolute atomic E-state index is 13.3. The number of ether oxygens (including phenoxy) is 2. The van der Waals surface area contributed by atoms with Crippen molar-refractivity contribution in [1.82, 2.24) is 4.98 Å². The Morgan fingerprint density at radius 3 is 2.44 bits per heavy atom. The minimum atomic E-state index is -0.859. The lowest BCUT2D eigenvalue weighted by molar-refractivity contribution is -0.132. The van der Waals surface area contributed by atoms with Gasteiger partial charge in [-0.1, -0.05) is 54.6 Å². The van der Waals surface area contributed by atoms with Crippen molar-refractivity contribution >= 4 is 33.9 Å². The monoisotopic (exact) mass is 538 g/mol. The van der Waals surface area contributed by atoms with E-state index in [1.54, 1.807) is 66.2 Å². The van der Waals surface area contributed by atoms with Crippen LogP contribution in [0.2, 0.25) is 0 Å². The molecular weight excluding hydrogens is 512 g/mol. The summed E-state index contributed by atoms with van der Waals surface area (Å²) in [7, 11) is 0. The molecule has 8 heteroatoms. The van der Waals surface area contributed by atoms with Crippen LogP contribution in [-0.2, 0) is 16.2 Å². The Labute approximate surface area is 230 Å². The molecule has 5 rings (SSSR count). The lowest BCUT2D eigenvalue weighted by atomic mass is 9.95. The van der Waals surface area contributed by atoms with E-state index in [4.69, 9.17) is 9.47 Å². The maximum Gasteiger partial charge on any atom is 0.301 e. The summed E-state index contributed by atoms with van der Waals surface area (Å²) >= 11 is 1.24. The molecule has 2 heterocycles. The predicted octanol–water partition coefficient (Wildman–Crippen LogP) is 6.22. The molecule has 0 radical (unpaired) electrons. The molecular formula is C31H26N2O5S. The van der Waals surface area contributed by atoms with E-state index in [9.17, 15) is 14.7 Å². The Balaban J connectivity index is 1.47. The average Bonchev–Trinajstić information content (AvgIpc) is 3.57. The first kappa shape index (κ1) is 25.9. The molecule has 0 spiro atoms. The van der Waals surface area contributed by atoms with E-state index < -0.39 is 17.7 Å². The van der Waals surface area contributed by atoms with Crippen LogP contribution in [0.15, 0.2) is 103 Å². The van der Waals surface area contributed by atoms with Gasteiger partial charge in [0.2, 0.25) is 0 Å². The number of hydrogen-bond donors (Lipinski definition) is 1. The molecule has 196 valence electrons. The Hall–Kier alpha value is -4.69. The Bertz CT molecular complexity index is 1530. The van der Waals surface area contributed by atoms with Gasteiger partial charge in [-0.2, -0.15) is 0 Å². The van der Waals surface area contributed by atoms with Gasteiger partial charge in [0.1, 0.15) is 30.5 Å². The third-order valence-electron chi connectivity index (χ3n) is 6.25. The fourth-order valence-electron chi connectivity index (χ4n) is 4.41. The molecule has 0 unspecified atom stereocenters. The fraction of sp³-hybridized carbons (Fsp3) is 0.129. The van der Waals surface area contributed by atoms with Gasteiger partial charge in [0, 0.05) is 17.1 Å². The number of Topliss-reactive ketones (excluding diaryl/α,β-unsaturated/α-hetero) is 1. The second-order valence-electron chi connectivity index (χ2n) is 8.95. The second-order valence-corrected chi connectivity index (χ2v) is 9.83. The van der Waals surface area contributed by atoms with Gasteiger partial charge in [-0.3, -0.25) is 14.5 Å². The summed E-state index contributed by atoms with van der Waals surface area (Å²) in [4.78, 5) is 32.1. The summed E-state index contributed by atoms with van der Waals surface area (Å²) in [5, 5.41) is 13.4. The molecule has 1 amide bonds. The largest absolute Gasteiger partial charge is 0.507 e. The van der Waals surface area contributed by atoms with E-state index in [1.165, 1.54) is 16.2 Å². The number of carbonyl (C=O) groups excluding carboxylic acids is 2. The molecule has 1 N–H and O–H groups in total. The number of benzene rings is 3. The molecule has 3 aromatic carbocycles. The number of aryl methyl sites for hydroxylation is 1. The van der Waals surface area contributed by atoms with E-state index in [1.807, 2.05) is 25.1 Å². The van der Waals surface area contributed by atoms with Crippen LogP contribution in [-0.4, -0.2) is 28.4 Å². The van der Waals surface area contributed by atoms with Gasteiger partial charge in [-0.15, -0.1) is 11.3 Å². The highest BCUT2D eigenvalue weighted by molar-refractivity contribution is 7.14. The number of hydrogen-bond acceptors (Lipinski definition) is 7. The molecule has 1 aromatic heterocycles. The smallest absolute Gasteiger partial charge is 0.301 e. The van der Waals surface area contributed by atoms with Gasteiger partial charge in [0.25, 0.3) is 5.78 Å². The number of aliphatic hydroxyl groups excluding tert-OH is 1. The van der Waals surface area contributed by atoms with Crippen LogP contribution in [0.4, 0.5) is 5.13 Å². The SMILES string of the molecule is C=CCOc1ccc([C@@H]2/C(=C(\O)c3ccc(OCc4cccc(C)c4)cc3)C(=O)C(=O)N2c2nccs2)cc1. The van der Waals surface area contributed by atoms with Crippen molar-refractivity contribution in [3.63, 3.8) is 0 Å². The molecule has 1 fully saturated rings. The zero-order valence-corrected chi connectivity index (χ0v) is 22.1. The van der Waals surface area contributed by atoms with E-state index in [0.29, 0.717) is 41.0 Å². The number of anilines is 1. The molecule has 7 nitrogen and oxygen atoms in total. The Morgan fingerprint density at radius 1 is 1.05 bits per heavy atom. The van der Waals surface area contributed by atoms with Crippen molar-refractivity contribution < 1.29 is 24.2 Å². The highest BCUT2D eigenvalue weighted by Crippen LogP contribution is 2.43. The van der Waals surface area contributed by atoms with Crippen LogP contribution in [0.25, 0.3) is 5.76 Å². The molecule has 0 bridgehead atoms. The number of aliphatic hydroxyl groups is 1. The number of thiazole rings is 1. The van der Waals surface area contributed by atoms with Gasteiger partial charge in [-0.05, 0) is 54.4 Å². The summed E-state index contributed by atoms with van der Waals surface area (Å²) in [6.45, 7) is 6.42. The maximum atomic E-state index is 13.3. The van der Waals surface area contributed by atoms with E-state index in [2.05, 4.69) is 17.6 Å². The van der Waals surface area contributed by atoms with Crippen LogP contribution in [0.3, 0.4) is 0 Å². The number of rotatable bonds is 9. The summed E-state index contributed by atoms with van der Waals surface area (Å²) < 4.78 is 11.5. The van der Waals surface area contributed by atoms with Crippen LogP contribution in [0, 0.1) is 6.92 Å². The number of carbonyl (C=O) groups is 2. The fourth-order valence-corrected chi connectivity index (χ4v) is 5.08. The van der Waals surface area contributed by atoms with Crippen molar-refractivity contribution in [2.24, 2.45) is 0 Å². The molecule has 1 saturated heterocycles. The third-order valence-corrected chi connectivity index (χ3v) is 7.02. The Kier molecular flexibility index (Phi) is 7.56. The number of aromatic nitrogens is 1. The summed E-state index contributed by atoms with van der Waals surface area (Å²) in [6, 6.07) is 21.0. The van der Waals surface area contributed by atoms with Crippen molar-refractivity contribution in [3.8, 4) is 11.5 Å². The predicted molar refractivity (Wildman–Crippen MR) is 151 cm³/mol. The van der Waals surface area contributed by atoms with Gasteiger partial charge in [0.15, 0.2) is 5.13 Å². The van der Waals surface area contributed by atoms with E-state index >= 15 is 0 Å². The van der Waals surface area contributed by atoms with E-state index in [0.717, 1.165) is 11.1 Å². The lowest BCUT2D eigenvalue weighted by Crippen LogP contribution is -2.29. The number of amides is 1. The molecule has 1 aliphatic rings. The normalized spacial score (nSPS) is 16.3. The molecule has 0 aliphatic carbocycles. The van der Waals surface area contributed by atoms with E-state index in [-0.39, 0.29) is 11.3 Å². The molecule has 1 aliphatic heterocycles. The highest BCUT2D eigenvalue weighted by Gasteiger charge is 2.48. The zero-order valence-electron chi connectivity index (χ0n) is 21.2. The molecule has 0 saturated carbocycles. The molecule has 4 aromatic rings. The van der Waals surface area contributed by atoms with Crippen LogP contribution in [0.1, 0.15) is 28.3 Å². The first-order valence-electron chi connectivity index (χ1n) is 12.3. The minimum Gasteiger partial charge on any atom is -0.507 e. The third kappa shape index (κ3) is 5.46. The van der Waals surface area contributed by atoms with Crippen molar-refractivity contribution in [3.05, 3.63) is 125 Å². The first-order valence-corrected chi connectivity index (χ1v) is 13.2. The highest BCUT2D eigenvalue weighted by atomic mass is 32.1. The first-order chi connectivity index (χ1) is 19.0. The summed E-state index contributed by atoms with van der Waals surface area (Å²) in [6.07, 6.45) is 3.21. The molecule has 39 heavy (non-hydrogen) atoms. The zero-order chi connectivity index (χ0) is 27.4. The van der Waals surface area contributed by atoms with Gasteiger partial charge < -0.3 is 14.6 Å². The van der Waals surface area contributed by atoms with Crippen molar-refractivity contribution in [2.45, 2.75) is 19.6 Å². The van der Waals surface area contributed by atoms with Crippen molar-refractivity contribution in [2.75, 3.05) is 11.5 Å². The van der Waals surface area contributed by atoms with Gasteiger partial charge >= 0.3 is 5.91 Å². The number of ketones is 1. The summed E-state index contributed by atoms with van der Waals surface area (Å²) in [5.74, 6) is -0.565. The Morgan fingerprint density at radius 2 is 1.77 bits per heavy atom. The van der Waals surface area contributed by atoms with Crippen molar-refractivity contribution in [1.29, 1.82) is 0 Å². The molecule has 1 atom stereocenters. The summed E-state index contributed by atoms with van der Waals surface area (Å²) in [5.41, 5.74) is 3.22. The minimum absolute atomic E-state index is 0.0108. The number of nitrogens with zero attached hydrogens (tertiary/aromatic N) is 2. The average molecular weight is 539 g/mol. The van der Waals surface area contributed by atoms with Gasteiger partial charge in [-0.25, -0.2) is 4.98 Å².